The Balaban J connectivity index is 2.08. The molecule has 0 bridgehead atoms. The molecule has 1 aliphatic rings. The molecule has 0 aromatic heterocycles. The van der Waals surface area contributed by atoms with Crippen LogP contribution in [-0.2, 0) is 10.0 Å². The Hall–Kier alpha value is -2.09. The SMILES string of the molecule is CCN(C)S(=O)(=O)c1ccc2c(c1)C(=O)Nc1cc(Cl)ccc1O2. The van der Waals surface area contributed by atoms with Gasteiger partial charge in [-0.3, -0.25) is 4.79 Å². The highest BCUT2D eigenvalue weighted by Gasteiger charge is 2.26. The number of amides is 1. The molecular formula is C16H15ClN2O4S. The van der Waals surface area contributed by atoms with Gasteiger partial charge >= 0.3 is 0 Å². The molecule has 0 saturated heterocycles. The minimum Gasteiger partial charge on any atom is -0.454 e. The number of rotatable bonds is 3. The Bertz CT molecular complexity index is 928. The number of fused-ring (bicyclic) bond motifs is 2. The predicted molar refractivity (Wildman–Crippen MR) is 91.4 cm³/mol. The molecule has 0 unspecified atom stereocenters. The summed E-state index contributed by atoms with van der Waals surface area (Å²) in [5.41, 5.74) is 0.576. The Morgan fingerprint density at radius 3 is 2.58 bits per heavy atom. The van der Waals surface area contributed by atoms with Gasteiger partial charge in [0, 0.05) is 18.6 Å². The third-order valence-corrected chi connectivity index (χ3v) is 5.92. The fourth-order valence-electron chi connectivity index (χ4n) is 2.28. The van der Waals surface area contributed by atoms with Crippen LogP contribution in [0.3, 0.4) is 0 Å². The van der Waals surface area contributed by atoms with E-state index in [1.807, 2.05) is 0 Å². The molecule has 1 heterocycles. The second kappa shape index (κ2) is 6.08. The molecule has 1 aliphatic heterocycles. The number of hydrogen-bond acceptors (Lipinski definition) is 4. The molecule has 1 amide bonds. The second-order valence-electron chi connectivity index (χ2n) is 5.27. The van der Waals surface area contributed by atoms with E-state index in [-0.39, 0.29) is 16.2 Å². The molecule has 2 aromatic carbocycles. The van der Waals surface area contributed by atoms with Gasteiger partial charge in [-0.2, -0.15) is 0 Å². The molecular weight excluding hydrogens is 352 g/mol. The van der Waals surface area contributed by atoms with Crippen LogP contribution in [0.1, 0.15) is 17.3 Å². The molecule has 6 nitrogen and oxygen atoms in total. The minimum atomic E-state index is -3.66. The van der Waals surface area contributed by atoms with Crippen molar-refractivity contribution in [2.45, 2.75) is 11.8 Å². The fourth-order valence-corrected chi connectivity index (χ4v) is 3.66. The first kappa shape index (κ1) is 16.8. The van der Waals surface area contributed by atoms with Gasteiger partial charge in [-0.15, -0.1) is 0 Å². The van der Waals surface area contributed by atoms with Crippen molar-refractivity contribution in [3.63, 3.8) is 0 Å². The highest BCUT2D eigenvalue weighted by atomic mass is 35.5. The van der Waals surface area contributed by atoms with E-state index in [0.29, 0.717) is 23.0 Å². The van der Waals surface area contributed by atoms with Crippen molar-refractivity contribution >= 4 is 33.2 Å². The summed E-state index contributed by atoms with van der Waals surface area (Å²) in [5, 5.41) is 3.14. The Labute approximate surface area is 145 Å². The Morgan fingerprint density at radius 1 is 1.17 bits per heavy atom. The number of ether oxygens (including phenoxy) is 1. The summed E-state index contributed by atoms with van der Waals surface area (Å²) in [7, 11) is -2.17. The van der Waals surface area contributed by atoms with Gasteiger partial charge in [0.05, 0.1) is 16.1 Å². The number of carbonyl (C=O) groups is 1. The van der Waals surface area contributed by atoms with Crippen molar-refractivity contribution in [3.05, 3.63) is 47.0 Å². The van der Waals surface area contributed by atoms with Crippen LogP contribution in [-0.4, -0.2) is 32.2 Å². The van der Waals surface area contributed by atoms with Crippen LogP contribution in [0.2, 0.25) is 5.02 Å². The molecule has 8 heteroatoms. The molecule has 3 rings (SSSR count). The molecule has 126 valence electrons. The van der Waals surface area contributed by atoms with Gasteiger partial charge in [-0.1, -0.05) is 18.5 Å². The maximum absolute atomic E-state index is 12.5. The van der Waals surface area contributed by atoms with E-state index in [9.17, 15) is 13.2 Å². The summed E-state index contributed by atoms with van der Waals surface area (Å²) in [6, 6.07) is 9.08. The van der Waals surface area contributed by atoms with Crippen LogP contribution in [0.5, 0.6) is 11.5 Å². The van der Waals surface area contributed by atoms with Crippen LogP contribution in [0, 0.1) is 0 Å². The zero-order chi connectivity index (χ0) is 17.5. The first-order valence-corrected chi connectivity index (χ1v) is 9.04. The average Bonchev–Trinajstić information content (AvgIpc) is 2.69. The number of sulfonamides is 1. The lowest BCUT2D eigenvalue weighted by Crippen LogP contribution is -2.26. The van der Waals surface area contributed by atoms with Crippen molar-refractivity contribution in [2.75, 3.05) is 18.9 Å². The van der Waals surface area contributed by atoms with E-state index >= 15 is 0 Å². The van der Waals surface area contributed by atoms with Crippen molar-refractivity contribution in [2.24, 2.45) is 0 Å². The van der Waals surface area contributed by atoms with Crippen LogP contribution in [0.4, 0.5) is 5.69 Å². The van der Waals surface area contributed by atoms with Gasteiger partial charge in [0.1, 0.15) is 5.75 Å². The molecule has 24 heavy (non-hydrogen) atoms. The molecule has 1 N–H and O–H groups in total. The molecule has 0 atom stereocenters. The van der Waals surface area contributed by atoms with E-state index in [2.05, 4.69) is 5.32 Å². The number of hydrogen-bond donors (Lipinski definition) is 1. The van der Waals surface area contributed by atoms with E-state index < -0.39 is 15.9 Å². The van der Waals surface area contributed by atoms with E-state index in [1.54, 1.807) is 25.1 Å². The monoisotopic (exact) mass is 366 g/mol. The summed E-state index contributed by atoms with van der Waals surface area (Å²) in [6.07, 6.45) is 0. The van der Waals surface area contributed by atoms with E-state index in [1.165, 1.54) is 29.6 Å². The second-order valence-corrected chi connectivity index (χ2v) is 7.76. The van der Waals surface area contributed by atoms with Crippen molar-refractivity contribution in [3.8, 4) is 11.5 Å². The third-order valence-electron chi connectivity index (χ3n) is 3.76. The van der Waals surface area contributed by atoms with Crippen molar-refractivity contribution in [1.82, 2.24) is 4.31 Å². The molecule has 0 saturated carbocycles. The third kappa shape index (κ3) is 2.86. The fraction of sp³-hybridized carbons (Fsp3) is 0.188. The summed E-state index contributed by atoms with van der Waals surface area (Å²) in [5.74, 6) is 0.265. The average molecular weight is 367 g/mol. The van der Waals surface area contributed by atoms with E-state index in [0.717, 1.165) is 0 Å². The van der Waals surface area contributed by atoms with Gasteiger partial charge in [-0.05, 0) is 36.4 Å². The molecule has 2 aromatic rings. The zero-order valence-corrected chi connectivity index (χ0v) is 14.6. The minimum absolute atomic E-state index is 0.0355. The lowest BCUT2D eigenvalue weighted by atomic mass is 10.2. The smallest absolute Gasteiger partial charge is 0.259 e. The van der Waals surface area contributed by atoms with Crippen LogP contribution in [0.25, 0.3) is 0 Å². The Morgan fingerprint density at radius 2 is 1.88 bits per heavy atom. The predicted octanol–water partition coefficient (Wildman–Crippen LogP) is 3.34. The summed E-state index contributed by atoms with van der Waals surface area (Å²) < 4.78 is 31.8. The number of halogens is 1. The lowest BCUT2D eigenvalue weighted by molar-refractivity contribution is 0.102. The topological polar surface area (TPSA) is 75.7 Å². The first-order chi connectivity index (χ1) is 11.3. The Kier molecular flexibility index (Phi) is 4.25. The van der Waals surface area contributed by atoms with Crippen LogP contribution in [0.15, 0.2) is 41.3 Å². The van der Waals surface area contributed by atoms with Gasteiger partial charge < -0.3 is 10.1 Å². The van der Waals surface area contributed by atoms with Gasteiger partial charge in [0.15, 0.2) is 5.75 Å². The summed E-state index contributed by atoms with van der Waals surface area (Å²) in [6.45, 7) is 2.06. The van der Waals surface area contributed by atoms with Crippen molar-refractivity contribution in [1.29, 1.82) is 0 Å². The van der Waals surface area contributed by atoms with Gasteiger partial charge in [0.25, 0.3) is 5.91 Å². The summed E-state index contributed by atoms with van der Waals surface area (Å²) in [4.78, 5) is 12.5. The van der Waals surface area contributed by atoms with Gasteiger partial charge in [0.2, 0.25) is 10.0 Å². The standard InChI is InChI=1S/C16H15ClN2O4S/c1-3-19(2)24(21,22)11-5-7-14-12(9-11)16(20)18-13-8-10(17)4-6-15(13)23-14/h4-9H,3H2,1-2H3,(H,18,20). The number of nitrogens with zero attached hydrogens (tertiary/aromatic N) is 1. The lowest BCUT2D eigenvalue weighted by Gasteiger charge is -2.16. The number of anilines is 1. The maximum Gasteiger partial charge on any atom is 0.259 e. The molecule has 0 fully saturated rings. The quantitative estimate of drug-likeness (QED) is 0.903. The maximum atomic E-state index is 12.5. The van der Waals surface area contributed by atoms with E-state index in [4.69, 9.17) is 16.3 Å². The van der Waals surface area contributed by atoms with Crippen molar-refractivity contribution < 1.29 is 17.9 Å². The zero-order valence-electron chi connectivity index (χ0n) is 13.0. The normalized spacial score (nSPS) is 13.6. The highest BCUT2D eigenvalue weighted by molar-refractivity contribution is 7.89. The first-order valence-electron chi connectivity index (χ1n) is 7.22. The van der Waals surface area contributed by atoms with Gasteiger partial charge in [-0.25, -0.2) is 12.7 Å². The van der Waals surface area contributed by atoms with Crippen LogP contribution >= 0.6 is 11.6 Å². The molecule has 0 radical (unpaired) electrons. The number of benzene rings is 2. The summed E-state index contributed by atoms with van der Waals surface area (Å²) >= 11 is 5.93. The highest BCUT2D eigenvalue weighted by Crippen LogP contribution is 2.37. The largest absolute Gasteiger partial charge is 0.454 e. The van der Waals surface area contributed by atoms with Crippen LogP contribution < -0.4 is 10.1 Å². The molecule has 0 aliphatic carbocycles. The number of nitrogens with one attached hydrogen (secondary N) is 1. The molecule has 0 spiro atoms. The number of carbonyl (C=O) groups excluding carboxylic acids is 1.